The van der Waals surface area contributed by atoms with E-state index in [1.807, 2.05) is 35.0 Å². The van der Waals surface area contributed by atoms with Crippen molar-refractivity contribution in [1.29, 1.82) is 0 Å². The van der Waals surface area contributed by atoms with Gasteiger partial charge in [0.1, 0.15) is 12.7 Å². The molecule has 20 heteroatoms. The second kappa shape index (κ2) is 14.2. The molecule has 2 saturated heterocycles. The van der Waals surface area contributed by atoms with E-state index in [1.54, 1.807) is 25.0 Å². The van der Waals surface area contributed by atoms with Crippen molar-refractivity contribution in [1.82, 2.24) is 59.8 Å². The molecule has 0 aromatic carbocycles. The highest BCUT2D eigenvalue weighted by Gasteiger charge is 2.30. The zero-order chi connectivity index (χ0) is 33.9. The third-order valence-electron chi connectivity index (χ3n) is 7.80. The molecular formula is C28H30Br2N14O4. The lowest BCUT2D eigenvalue weighted by molar-refractivity contribution is -0.143. The third-order valence-corrected chi connectivity index (χ3v) is 8.66. The number of fused-ring (bicyclic) bond motifs is 6. The number of nitrogens with zero attached hydrogens (tertiary/aromatic N) is 12. The van der Waals surface area contributed by atoms with Crippen LogP contribution in [0.15, 0.2) is 46.1 Å². The topological polar surface area (TPSA) is 217 Å². The molecule has 8 heterocycles. The minimum atomic E-state index is -1.08. The molecule has 2 fully saturated rings. The zero-order valence-corrected chi connectivity index (χ0v) is 28.9. The molecule has 4 N–H and O–H groups in total. The number of hydrogen-bond donors (Lipinski definition) is 4. The Labute approximate surface area is 288 Å². The summed E-state index contributed by atoms with van der Waals surface area (Å²) in [5, 5.41) is 38.7. The number of nitrogens with one attached hydrogen (secondary N) is 2. The van der Waals surface area contributed by atoms with Gasteiger partial charge < -0.3 is 30.6 Å². The second-order valence-electron chi connectivity index (χ2n) is 11.0. The number of aliphatic carboxylic acids is 2. The van der Waals surface area contributed by atoms with Crippen molar-refractivity contribution < 1.29 is 19.8 Å². The molecule has 0 atom stereocenters. The van der Waals surface area contributed by atoms with Crippen LogP contribution in [0.5, 0.6) is 0 Å². The molecule has 6 aromatic rings. The summed E-state index contributed by atoms with van der Waals surface area (Å²) in [5.41, 5.74) is 4.73. The Balaban J connectivity index is 0.000000138. The van der Waals surface area contributed by atoms with E-state index in [0.29, 0.717) is 23.4 Å². The summed E-state index contributed by atoms with van der Waals surface area (Å²) < 4.78 is 5.69. The molecule has 0 radical (unpaired) electrons. The summed E-state index contributed by atoms with van der Waals surface area (Å²) in [6.45, 7) is 3.70. The molecule has 0 aliphatic carbocycles. The number of pyridine rings is 2. The van der Waals surface area contributed by atoms with Crippen molar-refractivity contribution in [2.24, 2.45) is 0 Å². The van der Waals surface area contributed by atoms with Gasteiger partial charge >= 0.3 is 11.9 Å². The molecule has 250 valence electrons. The first-order chi connectivity index (χ1) is 23.1. The molecule has 2 aliphatic rings. The van der Waals surface area contributed by atoms with Crippen LogP contribution in [-0.2, 0) is 9.59 Å². The van der Waals surface area contributed by atoms with Crippen LogP contribution in [0.1, 0.15) is 12.8 Å². The quantitative estimate of drug-likeness (QED) is 0.181. The van der Waals surface area contributed by atoms with Crippen LogP contribution < -0.4 is 20.4 Å². The summed E-state index contributed by atoms with van der Waals surface area (Å²) in [5.74, 6) is -0.465. The second-order valence-corrected chi connectivity index (χ2v) is 12.8. The zero-order valence-electron chi connectivity index (χ0n) is 25.7. The summed E-state index contributed by atoms with van der Waals surface area (Å²) >= 11 is 6.87. The Bertz CT molecular complexity index is 1960. The first kappa shape index (κ1) is 33.2. The van der Waals surface area contributed by atoms with Crippen molar-refractivity contribution in [3.8, 4) is 0 Å². The maximum Gasteiger partial charge on any atom is 0.303 e. The Hall–Kier alpha value is -4.66. The van der Waals surface area contributed by atoms with Crippen LogP contribution in [0.2, 0.25) is 0 Å². The number of anilines is 2. The molecule has 0 spiro atoms. The Morgan fingerprint density at radius 3 is 1.50 bits per heavy atom. The van der Waals surface area contributed by atoms with Gasteiger partial charge in [0.2, 0.25) is 11.3 Å². The Morgan fingerprint density at radius 1 is 0.750 bits per heavy atom. The van der Waals surface area contributed by atoms with Crippen molar-refractivity contribution in [3.05, 3.63) is 46.1 Å². The normalized spacial score (nSPS) is 14.8. The highest BCUT2D eigenvalue weighted by atomic mass is 79.9. The van der Waals surface area contributed by atoms with Crippen LogP contribution in [0.25, 0.3) is 33.6 Å². The number of halogens is 2. The standard InChI is InChI=1S/2C12H12BrN7.C4H6O4/c2*1-14-8-4-19(5-8)11-12-18-16-6-20(12)9-2-7(13)3-15-10(9)17-11;5-3(6)1-2-4(7)8/h2*2-3,6,8,14H,4-5H2,1H3;1-2H2,(H,5,6)(H,7,8). The van der Waals surface area contributed by atoms with Crippen LogP contribution in [-0.4, -0.2) is 124 Å². The molecule has 2 aliphatic heterocycles. The Kier molecular flexibility index (Phi) is 9.85. The average Bonchev–Trinajstić information content (AvgIpc) is 3.72. The fraction of sp³-hybridized carbons (Fsp3) is 0.357. The molecule has 6 aromatic heterocycles. The maximum atomic E-state index is 9.64. The van der Waals surface area contributed by atoms with Gasteiger partial charge in [0, 0.05) is 59.6 Å². The summed E-state index contributed by atoms with van der Waals surface area (Å²) in [4.78, 5) is 41.7. The predicted molar refractivity (Wildman–Crippen MR) is 182 cm³/mol. The monoisotopic (exact) mass is 784 g/mol. The molecule has 48 heavy (non-hydrogen) atoms. The van der Waals surface area contributed by atoms with E-state index < -0.39 is 11.9 Å². The van der Waals surface area contributed by atoms with Gasteiger partial charge in [0.25, 0.3) is 0 Å². The molecule has 0 unspecified atom stereocenters. The van der Waals surface area contributed by atoms with Crippen molar-refractivity contribution >= 4 is 89.1 Å². The van der Waals surface area contributed by atoms with Crippen LogP contribution in [0.4, 0.5) is 11.6 Å². The number of rotatable bonds is 7. The van der Waals surface area contributed by atoms with Crippen molar-refractivity contribution in [2.75, 3.05) is 50.1 Å². The van der Waals surface area contributed by atoms with Gasteiger partial charge in [-0.05, 0) is 58.1 Å². The largest absolute Gasteiger partial charge is 0.481 e. The van der Waals surface area contributed by atoms with Crippen LogP contribution >= 0.6 is 31.9 Å². The van der Waals surface area contributed by atoms with Gasteiger partial charge in [-0.15, -0.1) is 20.4 Å². The molecule has 0 bridgehead atoms. The van der Waals surface area contributed by atoms with E-state index in [2.05, 4.69) is 92.6 Å². The summed E-state index contributed by atoms with van der Waals surface area (Å²) in [6.07, 6.45) is 6.31. The lowest BCUT2D eigenvalue weighted by Gasteiger charge is -2.39. The van der Waals surface area contributed by atoms with E-state index in [9.17, 15) is 9.59 Å². The SMILES string of the molecule is CNC1CN(c2nc3ncc(Br)cc3n3cnnc23)C1.CNC1CN(c2nc3ncc(Br)cc3n3cnnc23)C1.O=C(O)CCC(=O)O. The minimum Gasteiger partial charge on any atom is -0.481 e. The highest BCUT2D eigenvalue weighted by molar-refractivity contribution is 9.10. The van der Waals surface area contributed by atoms with Crippen molar-refractivity contribution in [2.45, 2.75) is 24.9 Å². The molecule has 0 amide bonds. The van der Waals surface area contributed by atoms with Crippen LogP contribution in [0.3, 0.4) is 0 Å². The number of likely N-dealkylation sites (N-methyl/N-ethyl adjacent to an activating group) is 2. The van der Waals surface area contributed by atoms with Gasteiger partial charge in [0.15, 0.2) is 22.9 Å². The lowest BCUT2D eigenvalue weighted by Crippen LogP contribution is -2.57. The Morgan fingerprint density at radius 2 is 1.15 bits per heavy atom. The van der Waals surface area contributed by atoms with Gasteiger partial charge in [0.05, 0.1) is 23.9 Å². The smallest absolute Gasteiger partial charge is 0.303 e. The summed E-state index contributed by atoms with van der Waals surface area (Å²) in [7, 11) is 3.95. The predicted octanol–water partition coefficient (Wildman–Crippen LogP) is 1.62. The van der Waals surface area contributed by atoms with E-state index in [1.165, 1.54) is 0 Å². The fourth-order valence-corrected chi connectivity index (χ4v) is 5.74. The number of carboxylic acid groups (broad SMARTS) is 2. The first-order valence-electron chi connectivity index (χ1n) is 14.7. The minimum absolute atomic E-state index is 0.296. The highest BCUT2D eigenvalue weighted by Crippen LogP contribution is 2.28. The van der Waals surface area contributed by atoms with Gasteiger partial charge in [-0.2, -0.15) is 0 Å². The van der Waals surface area contributed by atoms with Gasteiger partial charge in [-0.3, -0.25) is 18.4 Å². The fourth-order valence-electron chi connectivity index (χ4n) is 5.10. The van der Waals surface area contributed by atoms with Gasteiger partial charge in [-0.25, -0.2) is 19.9 Å². The number of aromatic nitrogens is 10. The third kappa shape index (κ3) is 6.96. The van der Waals surface area contributed by atoms with Gasteiger partial charge in [-0.1, -0.05) is 0 Å². The van der Waals surface area contributed by atoms with E-state index >= 15 is 0 Å². The first-order valence-corrected chi connectivity index (χ1v) is 16.3. The lowest BCUT2D eigenvalue weighted by atomic mass is 10.1. The van der Waals surface area contributed by atoms with E-state index in [0.717, 1.165) is 69.1 Å². The number of hydrogen-bond acceptors (Lipinski definition) is 14. The molecule has 0 saturated carbocycles. The maximum absolute atomic E-state index is 9.64. The van der Waals surface area contributed by atoms with E-state index in [-0.39, 0.29) is 12.8 Å². The molecule has 18 nitrogen and oxygen atoms in total. The molecule has 8 rings (SSSR count). The van der Waals surface area contributed by atoms with Crippen LogP contribution in [0, 0.1) is 0 Å². The summed E-state index contributed by atoms with van der Waals surface area (Å²) in [6, 6.07) is 4.96. The molecular weight excluding hydrogens is 756 g/mol. The van der Waals surface area contributed by atoms with E-state index in [4.69, 9.17) is 10.2 Å². The number of carbonyl (C=O) groups is 2. The number of carboxylic acids is 2. The average molecular weight is 786 g/mol. The van der Waals surface area contributed by atoms with Crippen molar-refractivity contribution in [3.63, 3.8) is 0 Å².